The zero-order valence-electron chi connectivity index (χ0n) is 12.0. The molecule has 1 amide bonds. The van der Waals surface area contributed by atoms with Crippen LogP contribution in [0.3, 0.4) is 0 Å². The Morgan fingerprint density at radius 3 is 2.57 bits per heavy atom. The minimum absolute atomic E-state index is 0.00495. The summed E-state index contributed by atoms with van der Waals surface area (Å²) in [6.45, 7) is 3.50. The maximum atomic E-state index is 14.1. The van der Waals surface area contributed by atoms with E-state index in [1.54, 1.807) is 0 Å². The maximum Gasteiger partial charge on any atom is 0.254 e. The van der Waals surface area contributed by atoms with Crippen molar-refractivity contribution in [3.05, 3.63) is 29.1 Å². The number of hydrogen-bond acceptors (Lipinski definition) is 3. The largest absolute Gasteiger partial charge is 0.349 e. The lowest BCUT2D eigenvalue weighted by Gasteiger charge is -2.14. The number of rotatable bonds is 3. The normalized spacial score (nSPS) is 22.3. The van der Waals surface area contributed by atoms with Crippen LogP contribution in [0.1, 0.15) is 42.1 Å². The van der Waals surface area contributed by atoms with Crippen molar-refractivity contribution in [2.75, 3.05) is 0 Å². The van der Waals surface area contributed by atoms with E-state index in [2.05, 4.69) is 12.2 Å². The summed E-state index contributed by atoms with van der Waals surface area (Å²) in [6.07, 6.45) is 2.72. The average Bonchev–Trinajstić information content (AvgIpc) is 2.76. The van der Waals surface area contributed by atoms with Gasteiger partial charge in [-0.25, -0.2) is 17.9 Å². The Bertz CT molecular complexity index is 673. The Labute approximate surface area is 123 Å². The van der Waals surface area contributed by atoms with Gasteiger partial charge in [-0.1, -0.05) is 6.92 Å². The first-order valence-electron chi connectivity index (χ1n) is 6.82. The minimum Gasteiger partial charge on any atom is -0.349 e. The molecule has 1 fully saturated rings. The number of nitrogens with one attached hydrogen (secondary N) is 1. The monoisotopic (exact) mass is 314 g/mol. The SMILES string of the molecule is Cc1cc(S(N)(=O)=O)cc(C(=O)NC2CCC(C)C2)c1F. The number of sulfonamides is 1. The van der Waals surface area contributed by atoms with Crippen LogP contribution in [0.25, 0.3) is 0 Å². The van der Waals surface area contributed by atoms with Gasteiger partial charge in [0.1, 0.15) is 5.82 Å². The molecule has 2 rings (SSSR count). The molecule has 0 spiro atoms. The third-order valence-electron chi connectivity index (χ3n) is 3.83. The van der Waals surface area contributed by atoms with Crippen molar-refractivity contribution in [1.82, 2.24) is 5.32 Å². The number of carbonyl (C=O) groups excluding carboxylic acids is 1. The molecule has 1 saturated carbocycles. The van der Waals surface area contributed by atoms with Gasteiger partial charge in [0.15, 0.2) is 0 Å². The molecule has 0 bridgehead atoms. The van der Waals surface area contributed by atoms with Crippen molar-refractivity contribution in [3.8, 4) is 0 Å². The van der Waals surface area contributed by atoms with E-state index in [9.17, 15) is 17.6 Å². The molecule has 3 N–H and O–H groups in total. The lowest BCUT2D eigenvalue weighted by Crippen LogP contribution is -2.33. The van der Waals surface area contributed by atoms with Crippen LogP contribution in [0, 0.1) is 18.7 Å². The Balaban J connectivity index is 2.30. The van der Waals surface area contributed by atoms with Gasteiger partial charge in [-0.05, 0) is 49.8 Å². The highest BCUT2D eigenvalue weighted by molar-refractivity contribution is 7.89. The fourth-order valence-electron chi connectivity index (χ4n) is 2.67. The lowest BCUT2D eigenvalue weighted by molar-refractivity contribution is 0.0932. The van der Waals surface area contributed by atoms with Crippen LogP contribution in [-0.2, 0) is 10.0 Å². The predicted octanol–water partition coefficient (Wildman–Crippen LogP) is 1.70. The van der Waals surface area contributed by atoms with Gasteiger partial charge in [0, 0.05) is 6.04 Å². The summed E-state index contributed by atoms with van der Waals surface area (Å²) in [6, 6.07) is 2.12. The fourth-order valence-corrected chi connectivity index (χ4v) is 3.29. The first-order valence-corrected chi connectivity index (χ1v) is 8.37. The summed E-state index contributed by atoms with van der Waals surface area (Å²) in [4.78, 5) is 11.9. The number of nitrogens with two attached hydrogens (primary N) is 1. The molecule has 1 aromatic rings. The molecule has 0 saturated heterocycles. The standard InChI is InChI=1S/C14H19FN2O3S/c1-8-3-4-10(5-8)17-14(18)12-7-11(21(16,19)20)6-9(2)13(12)15/h6-8,10H,3-5H2,1-2H3,(H,17,18)(H2,16,19,20). The predicted molar refractivity (Wildman–Crippen MR) is 76.8 cm³/mol. The van der Waals surface area contributed by atoms with E-state index in [0.29, 0.717) is 5.92 Å². The van der Waals surface area contributed by atoms with Gasteiger partial charge >= 0.3 is 0 Å². The van der Waals surface area contributed by atoms with Gasteiger partial charge in [0.05, 0.1) is 10.5 Å². The second kappa shape index (κ2) is 5.73. The van der Waals surface area contributed by atoms with E-state index in [1.807, 2.05) is 0 Å². The Morgan fingerprint density at radius 1 is 1.38 bits per heavy atom. The number of amides is 1. The molecule has 1 aliphatic rings. The molecule has 2 atom stereocenters. The van der Waals surface area contributed by atoms with Crippen LogP contribution < -0.4 is 10.5 Å². The van der Waals surface area contributed by atoms with E-state index in [1.165, 1.54) is 6.92 Å². The van der Waals surface area contributed by atoms with Crippen molar-refractivity contribution in [2.24, 2.45) is 11.1 Å². The third-order valence-corrected chi connectivity index (χ3v) is 4.72. The van der Waals surface area contributed by atoms with Gasteiger partial charge in [0.25, 0.3) is 5.91 Å². The maximum absolute atomic E-state index is 14.1. The first-order chi connectivity index (χ1) is 9.68. The molecule has 0 radical (unpaired) electrons. The van der Waals surface area contributed by atoms with E-state index >= 15 is 0 Å². The van der Waals surface area contributed by atoms with Gasteiger partial charge in [-0.3, -0.25) is 4.79 Å². The third kappa shape index (κ3) is 3.59. The minimum atomic E-state index is -3.98. The Hall–Kier alpha value is -1.47. The summed E-state index contributed by atoms with van der Waals surface area (Å²) in [5.74, 6) is -0.788. The number of halogens is 1. The van der Waals surface area contributed by atoms with E-state index in [-0.39, 0.29) is 22.1 Å². The molecule has 7 heteroatoms. The van der Waals surface area contributed by atoms with Crippen molar-refractivity contribution < 1.29 is 17.6 Å². The quantitative estimate of drug-likeness (QED) is 0.890. The van der Waals surface area contributed by atoms with Gasteiger partial charge < -0.3 is 5.32 Å². The van der Waals surface area contributed by atoms with E-state index in [0.717, 1.165) is 31.4 Å². The number of aryl methyl sites for hydroxylation is 1. The molecular formula is C14H19FN2O3S. The molecule has 1 aliphatic carbocycles. The second-order valence-corrected chi connectivity index (χ2v) is 7.30. The molecule has 1 aromatic carbocycles. The lowest BCUT2D eigenvalue weighted by atomic mass is 10.1. The van der Waals surface area contributed by atoms with Gasteiger partial charge in [-0.15, -0.1) is 0 Å². The van der Waals surface area contributed by atoms with Gasteiger partial charge in [0.2, 0.25) is 10.0 Å². The Morgan fingerprint density at radius 2 is 2.05 bits per heavy atom. The summed E-state index contributed by atoms with van der Waals surface area (Å²) >= 11 is 0. The summed E-state index contributed by atoms with van der Waals surface area (Å²) in [5, 5.41) is 7.80. The zero-order valence-corrected chi connectivity index (χ0v) is 12.8. The fraction of sp³-hybridized carbons (Fsp3) is 0.500. The zero-order chi connectivity index (χ0) is 15.8. The molecule has 116 valence electrons. The topological polar surface area (TPSA) is 89.3 Å². The van der Waals surface area contributed by atoms with Crippen LogP contribution in [0.4, 0.5) is 4.39 Å². The van der Waals surface area contributed by atoms with Crippen LogP contribution in [-0.4, -0.2) is 20.4 Å². The molecule has 0 heterocycles. The summed E-state index contributed by atoms with van der Waals surface area (Å²) in [5.41, 5.74) is -0.204. The summed E-state index contributed by atoms with van der Waals surface area (Å²) < 4.78 is 36.8. The average molecular weight is 314 g/mol. The van der Waals surface area contributed by atoms with Crippen LogP contribution in [0.5, 0.6) is 0 Å². The van der Waals surface area contributed by atoms with Crippen molar-refractivity contribution >= 4 is 15.9 Å². The highest BCUT2D eigenvalue weighted by atomic mass is 32.2. The molecule has 5 nitrogen and oxygen atoms in total. The Kier molecular flexibility index (Phi) is 4.34. The molecule has 21 heavy (non-hydrogen) atoms. The van der Waals surface area contributed by atoms with Crippen LogP contribution in [0.15, 0.2) is 17.0 Å². The number of primary sulfonamides is 1. The molecule has 0 aromatic heterocycles. The number of benzene rings is 1. The summed E-state index contributed by atoms with van der Waals surface area (Å²) in [7, 11) is -3.98. The molecular weight excluding hydrogens is 295 g/mol. The number of carbonyl (C=O) groups is 1. The molecule has 0 aliphatic heterocycles. The highest BCUT2D eigenvalue weighted by Crippen LogP contribution is 2.25. The molecule has 2 unspecified atom stereocenters. The van der Waals surface area contributed by atoms with E-state index in [4.69, 9.17) is 5.14 Å². The van der Waals surface area contributed by atoms with Crippen LogP contribution >= 0.6 is 0 Å². The van der Waals surface area contributed by atoms with Crippen molar-refractivity contribution in [2.45, 2.75) is 44.0 Å². The first kappa shape index (κ1) is 15.9. The van der Waals surface area contributed by atoms with Crippen molar-refractivity contribution in [1.29, 1.82) is 0 Å². The van der Waals surface area contributed by atoms with E-state index < -0.39 is 21.7 Å². The highest BCUT2D eigenvalue weighted by Gasteiger charge is 2.25. The smallest absolute Gasteiger partial charge is 0.254 e. The van der Waals surface area contributed by atoms with Crippen molar-refractivity contribution in [3.63, 3.8) is 0 Å². The number of hydrogen-bond donors (Lipinski definition) is 2. The second-order valence-electron chi connectivity index (χ2n) is 5.74. The van der Waals surface area contributed by atoms with Gasteiger partial charge in [-0.2, -0.15) is 0 Å². The van der Waals surface area contributed by atoms with Crippen LogP contribution in [0.2, 0.25) is 0 Å².